The Morgan fingerprint density at radius 2 is 1.75 bits per heavy atom. The van der Waals surface area contributed by atoms with Gasteiger partial charge in [-0.15, -0.1) is 0 Å². The molecule has 3 N–H and O–H groups in total. The third-order valence-corrected chi connectivity index (χ3v) is 16.8. The van der Waals surface area contributed by atoms with Gasteiger partial charge in [-0.3, -0.25) is 9.69 Å². The van der Waals surface area contributed by atoms with Crippen molar-refractivity contribution in [2.45, 2.75) is 155 Å². The van der Waals surface area contributed by atoms with Crippen molar-refractivity contribution in [3.05, 3.63) is 0 Å². The first-order valence-corrected chi connectivity index (χ1v) is 19.4. The lowest BCUT2D eigenvalue weighted by atomic mass is 9.41. The summed E-state index contributed by atoms with van der Waals surface area (Å²) in [6.07, 6.45) is 6.87. The molecule has 9 nitrogen and oxygen atoms in total. The molecule has 0 amide bonds. The van der Waals surface area contributed by atoms with Crippen molar-refractivity contribution in [2.24, 2.45) is 50.7 Å². The molecule has 9 heteroatoms. The van der Waals surface area contributed by atoms with Crippen molar-refractivity contribution >= 4 is 5.97 Å². The van der Waals surface area contributed by atoms with E-state index in [-0.39, 0.29) is 52.0 Å². The molecule has 14 unspecified atom stereocenters. The molecule has 2 spiro atoms. The Bertz CT molecular complexity index is 1280. The van der Waals surface area contributed by atoms with Crippen molar-refractivity contribution in [2.75, 3.05) is 32.8 Å². The van der Waals surface area contributed by atoms with Gasteiger partial charge in [0.25, 0.3) is 0 Å². The molecule has 8 fully saturated rings. The quantitative estimate of drug-likeness (QED) is 0.351. The molecule has 0 radical (unpaired) electrons. The maximum absolute atomic E-state index is 12.6. The number of aliphatic hydroxyl groups excluding tert-OH is 1. The second-order valence-corrected chi connectivity index (χ2v) is 19.5. The lowest BCUT2D eigenvalue weighted by Crippen LogP contribution is -2.62. The highest BCUT2D eigenvalue weighted by molar-refractivity contribution is 5.66. The fraction of sp³-hybridized carbons (Fsp3) is 0.974. The van der Waals surface area contributed by atoms with Gasteiger partial charge in [-0.1, -0.05) is 34.6 Å². The molecule has 0 aromatic heterocycles. The van der Waals surface area contributed by atoms with E-state index in [1.807, 2.05) is 0 Å². The van der Waals surface area contributed by atoms with Gasteiger partial charge in [-0.25, -0.2) is 0 Å². The maximum Gasteiger partial charge on any atom is 0.303 e. The van der Waals surface area contributed by atoms with E-state index in [1.165, 1.54) is 32.6 Å². The fourth-order valence-corrected chi connectivity index (χ4v) is 14.4. The second kappa shape index (κ2) is 11.1. The Balaban J connectivity index is 1.03. The van der Waals surface area contributed by atoms with Crippen LogP contribution in [0.2, 0.25) is 0 Å². The molecule has 14 atom stereocenters. The van der Waals surface area contributed by atoms with Gasteiger partial charge in [0.05, 0.1) is 36.6 Å². The first-order chi connectivity index (χ1) is 22.5. The van der Waals surface area contributed by atoms with Crippen LogP contribution in [0, 0.1) is 50.7 Å². The van der Waals surface area contributed by atoms with Gasteiger partial charge >= 0.3 is 5.97 Å². The van der Waals surface area contributed by atoms with Crippen LogP contribution in [0.1, 0.15) is 107 Å². The monoisotopic (exact) mass is 672 g/mol. The van der Waals surface area contributed by atoms with Crippen LogP contribution < -0.4 is 5.32 Å². The molecule has 5 aliphatic carbocycles. The zero-order valence-electron chi connectivity index (χ0n) is 30.9. The minimum Gasteiger partial charge on any atom is -0.457 e. The number of esters is 1. The van der Waals surface area contributed by atoms with Crippen LogP contribution in [0.25, 0.3) is 0 Å². The zero-order valence-corrected chi connectivity index (χ0v) is 30.9. The van der Waals surface area contributed by atoms with Crippen LogP contribution in [-0.2, 0) is 23.7 Å². The van der Waals surface area contributed by atoms with E-state index in [4.69, 9.17) is 18.9 Å². The number of aliphatic hydroxyl groups is 2. The van der Waals surface area contributed by atoms with Gasteiger partial charge in [0.2, 0.25) is 0 Å². The second-order valence-electron chi connectivity index (χ2n) is 19.5. The van der Waals surface area contributed by atoms with Gasteiger partial charge in [-0.2, -0.15) is 0 Å². The zero-order chi connectivity index (χ0) is 34.2. The van der Waals surface area contributed by atoms with Gasteiger partial charge in [0, 0.05) is 44.6 Å². The summed E-state index contributed by atoms with van der Waals surface area (Å²) in [5, 5.41) is 27.0. The molecule has 272 valence electrons. The third-order valence-electron chi connectivity index (χ3n) is 16.8. The number of nitrogens with one attached hydrogen (secondary N) is 1. The number of rotatable bonds is 6. The van der Waals surface area contributed by atoms with Crippen LogP contribution in [0.5, 0.6) is 0 Å². The average Bonchev–Trinajstić information content (AvgIpc) is 3.61. The number of carbonyl (C=O) groups is 1. The lowest BCUT2D eigenvalue weighted by Gasteiger charge is -2.64. The van der Waals surface area contributed by atoms with E-state index in [9.17, 15) is 15.0 Å². The van der Waals surface area contributed by atoms with Gasteiger partial charge in [0.15, 0.2) is 12.4 Å². The average molecular weight is 673 g/mol. The predicted octanol–water partition coefficient (Wildman–Crippen LogP) is 4.52. The first kappa shape index (κ1) is 34.3. The van der Waals surface area contributed by atoms with E-state index in [0.717, 1.165) is 52.0 Å². The highest BCUT2D eigenvalue weighted by Gasteiger charge is 2.84. The normalized spacial score (nSPS) is 52.1. The van der Waals surface area contributed by atoms with Gasteiger partial charge in [-0.05, 0) is 111 Å². The molecule has 0 aromatic carbocycles. The summed E-state index contributed by atoms with van der Waals surface area (Å²) in [5.74, 6) is 1.15. The number of ether oxygens (including phenoxy) is 4. The highest BCUT2D eigenvalue weighted by atomic mass is 16.7. The lowest BCUT2D eigenvalue weighted by molar-refractivity contribution is -0.251. The van der Waals surface area contributed by atoms with Crippen LogP contribution in [0.4, 0.5) is 0 Å². The minimum atomic E-state index is -1.25. The Morgan fingerprint density at radius 3 is 2.42 bits per heavy atom. The van der Waals surface area contributed by atoms with E-state index in [1.54, 1.807) is 13.8 Å². The Hall–Kier alpha value is -0.810. The van der Waals surface area contributed by atoms with Crippen molar-refractivity contribution in [3.63, 3.8) is 0 Å². The number of hydrogen-bond acceptors (Lipinski definition) is 9. The molecule has 3 aliphatic heterocycles. The Kier molecular flexibility index (Phi) is 7.93. The highest BCUT2D eigenvalue weighted by Crippen LogP contribution is 2.89. The standard InChI is InChI=1S/C39H64N2O7/c1-22-17-25(33(35(5,6)44)46-23(2)42)47-31-30(22)36(7)13-14-39-21-38(39)12-11-28(48-29-20-41(15-16-45-29)24-18-40-19-24)34(3,4)26(38)9-10-27(39)37(36,8)32(31)43/h22,24-33,40,43-44H,9-21H2,1-8H3. The van der Waals surface area contributed by atoms with E-state index in [0.29, 0.717) is 29.7 Å². The van der Waals surface area contributed by atoms with Crippen molar-refractivity contribution in [3.8, 4) is 0 Å². The largest absolute Gasteiger partial charge is 0.457 e. The Labute approximate surface area is 288 Å². The summed E-state index contributed by atoms with van der Waals surface area (Å²) in [6.45, 7) is 21.7. The van der Waals surface area contributed by atoms with Crippen LogP contribution in [0.3, 0.4) is 0 Å². The summed E-state index contributed by atoms with van der Waals surface area (Å²) < 4.78 is 25.7. The van der Waals surface area contributed by atoms with Crippen LogP contribution in [-0.4, -0.2) is 102 Å². The van der Waals surface area contributed by atoms with Gasteiger partial charge in [0.1, 0.15) is 0 Å². The van der Waals surface area contributed by atoms with E-state index >= 15 is 0 Å². The smallest absolute Gasteiger partial charge is 0.303 e. The summed E-state index contributed by atoms with van der Waals surface area (Å²) in [7, 11) is 0. The third kappa shape index (κ3) is 4.55. The topological polar surface area (TPSA) is 110 Å². The molecule has 3 saturated heterocycles. The van der Waals surface area contributed by atoms with Crippen molar-refractivity contribution in [1.29, 1.82) is 0 Å². The molecule has 5 saturated carbocycles. The van der Waals surface area contributed by atoms with Gasteiger partial charge < -0.3 is 34.5 Å². The minimum absolute atomic E-state index is 0.0460. The fourth-order valence-electron chi connectivity index (χ4n) is 14.4. The number of nitrogens with zero attached hydrogens (tertiary/aromatic N) is 1. The van der Waals surface area contributed by atoms with Crippen LogP contribution in [0.15, 0.2) is 0 Å². The summed E-state index contributed by atoms with van der Waals surface area (Å²) >= 11 is 0. The number of fused-ring (bicyclic) bond motifs is 4. The molecule has 3 heterocycles. The van der Waals surface area contributed by atoms with E-state index in [2.05, 4.69) is 44.8 Å². The van der Waals surface area contributed by atoms with Crippen molar-refractivity contribution < 1.29 is 34.0 Å². The number of hydrogen-bond donors (Lipinski definition) is 3. The van der Waals surface area contributed by atoms with Crippen LogP contribution >= 0.6 is 0 Å². The summed E-state index contributed by atoms with van der Waals surface area (Å²) in [5.41, 5.74) is -0.903. The molecular weight excluding hydrogens is 608 g/mol. The number of carbonyl (C=O) groups excluding carboxylic acids is 1. The molecule has 0 aromatic rings. The Morgan fingerprint density at radius 1 is 1.04 bits per heavy atom. The SMILES string of the molecule is CC(=O)OC(C1CC(C)C2C(O1)C(O)C1(C)C3CCC4C(C)(C)C(OC5CN(C6CNC6)CCO5)CCC45CC35CCC21C)C(C)(C)O. The molecule has 8 rings (SSSR count). The molecule has 8 aliphatic rings. The first-order valence-electron chi connectivity index (χ1n) is 19.4. The van der Waals surface area contributed by atoms with E-state index < -0.39 is 29.9 Å². The molecule has 0 bridgehead atoms. The predicted molar refractivity (Wildman–Crippen MR) is 181 cm³/mol. The number of morpholine rings is 1. The summed E-state index contributed by atoms with van der Waals surface area (Å²) in [6, 6.07) is 0.619. The van der Waals surface area contributed by atoms with Crippen molar-refractivity contribution in [1.82, 2.24) is 10.2 Å². The summed E-state index contributed by atoms with van der Waals surface area (Å²) in [4.78, 5) is 14.7. The molecular formula is C39H64N2O7. The molecule has 48 heavy (non-hydrogen) atoms. The maximum atomic E-state index is 12.6.